The molecular weight excluding hydrogens is 260 g/mol. The summed E-state index contributed by atoms with van der Waals surface area (Å²) >= 11 is 1.52. The summed E-state index contributed by atoms with van der Waals surface area (Å²) in [5, 5.41) is 14.2. The molecule has 2 aromatic rings. The zero-order valence-corrected chi connectivity index (χ0v) is 10.8. The third-order valence-electron chi connectivity index (χ3n) is 2.22. The Morgan fingerprint density at radius 3 is 3.12 bits per heavy atom. The first kappa shape index (κ1) is 12.4. The van der Waals surface area contributed by atoms with Crippen LogP contribution in [0.2, 0.25) is 0 Å². The number of nitrogens with zero attached hydrogens (tertiary/aromatic N) is 2. The van der Waals surface area contributed by atoms with Gasteiger partial charge in [-0.25, -0.2) is 0 Å². The van der Waals surface area contributed by atoms with Crippen molar-refractivity contribution in [3.8, 4) is 10.7 Å². The van der Waals surface area contributed by atoms with Gasteiger partial charge in [0.15, 0.2) is 0 Å². The molecule has 7 heteroatoms. The molecule has 0 amide bonds. The van der Waals surface area contributed by atoms with E-state index in [1.54, 1.807) is 6.92 Å². The lowest BCUT2D eigenvalue weighted by molar-refractivity contribution is 0.320. The zero-order chi connectivity index (χ0) is 12.3. The maximum atomic E-state index is 11.7. The van der Waals surface area contributed by atoms with Crippen LogP contribution in [0.1, 0.15) is 18.1 Å². The Morgan fingerprint density at radius 1 is 1.65 bits per heavy atom. The van der Waals surface area contributed by atoms with E-state index in [9.17, 15) is 4.21 Å². The van der Waals surface area contributed by atoms with Crippen LogP contribution in [-0.4, -0.2) is 31.8 Å². The molecule has 0 aliphatic heterocycles. The minimum Gasteiger partial charge on any atom is -0.395 e. The van der Waals surface area contributed by atoms with Crippen molar-refractivity contribution in [2.45, 2.75) is 12.2 Å². The molecule has 5 nitrogen and oxygen atoms in total. The van der Waals surface area contributed by atoms with Crippen LogP contribution >= 0.6 is 11.3 Å². The third kappa shape index (κ3) is 2.80. The Balaban J connectivity index is 2.16. The number of aliphatic hydroxyl groups excluding tert-OH is 1. The van der Waals surface area contributed by atoms with Crippen LogP contribution in [0, 0.1) is 0 Å². The van der Waals surface area contributed by atoms with Crippen molar-refractivity contribution in [1.82, 2.24) is 10.1 Å². The Labute approximate surface area is 105 Å². The van der Waals surface area contributed by atoms with Crippen molar-refractivity contribution >= 4 is 22.1 Å². The van der Waals surface area contributed by atoms with E-state index in [1.807, 2.05) is 17.5 Å². The fraction of sp³-hybridized carbons (Fsp3) is 0.400. The van der Waals surface area contributed by atoms with Gasteiger partial charge in [-0.1, -0.05) is 11.2 Å². The molecule has 2 rings (SSSR count). The van der Waals surface area contributed by atoms with Crippen LogP contribution in [0.4, 0.5) is 0 Å². The summed E-state index contributed by atoms with van der Waals surface area (Å²) in [6.45, 7) is 1.64. The fourth-order valence-corrected chi connectivity index (χ4v) is 2.79. The number of aliphatic hydroxyl groups is 1. The SMILES string of the molecule is C[C@@H](c1nc(-c2cccs2)no1)[S@](=O)CCO. The summed E-state index contributed by atoms with van der Waals surface area (Å²) in [5.74, 6) is 1.08. The molecule has 0 aliphatic carbocycles. The molecule has 0 fully saturated rings. The van der Waals surface area contributed by atoms with Crippen LogP contribution in [0.25, 0.3) is 10.7 Å². The molecule has 0 saturated carbocycles. The van der Waals surface area contributed by atoms with Crippen molar-refractivity contribution in [3.05, 3.63) is 23.4 Å². The average Bonchev–Trinajstić information content (AvgIpc) is 2.98. The minimum atomic E-state index is -1.19. The lowest BCUT2D eigenvalue weighted by Gasteiger charge is -2.03. The molecule has 0 unspecified atom stereocenters. The van der Waals surface area contributed by atoms with E-state index >= 15 is 0 Å². The van der Waals surface area contributed by atoms with Gasteiger partial charge in [0, 0.05) is 16.6 Å². The minimum absolute atomic E-state index is 0.108. The Hall–Kier alpha value is -1.05. The first-order valence-corrected chi connectivity index (χ1v) is 7.34. The predicted octanol–water partition coefficient (Wildman–Crippen LogP) is 1.60. The van der Waals surface area contributed by atoms with Gasteiger partial charge in [0.2, 0.25) is 11.7 Å². The summed E-state index contributed by atoms with van der Waals surface area (Å²) in [7, 11) is -1.19. The first-order chi connectivity index (χ1) is 8.22. The molecule has 0 radical (unpaired) electrons. The van der Waals surface area contributed by atoms with Crippen LogP contribution < -0.4 is 0 Å². The second-order valence-corrected chi connectivity index (χ2v) is 6.21. The molecule has 0 aromatic carbocycles. The Kier molecular flexibility index (Phi) is 4.03. The molecule has 2 aromatic heterocycles. The van der Waals surface area contributed by atoms with Crippen LogP contribution in [-0.2, 0) is 10.8 Å². The highest BCUT2D eigenvalue weighted by molar-refractivity contribution is 7.85. The first-order valence-electron chi connectivity index (χ1n) is 5.08. The quantitative estimate of drug-likeness (QED) is 0.894. The number of aromatic nitrogens is 2. The van der Waals surface area contributed by atoms with Gasteiger partial charge in [-0.15, -0.1) is 11.3 Å². The third-order valence-corrected chi connectivity index (χ3v) is 4.66. The maximum absolute atomic E-state index is 11.7. The monoisotopic (exact) mass is 272 g/mol. The van der Waals surface area contributed by atoms with E-state index in [1.165, 1.54) is 11.3 Å². The molecule has 1 N–H and O–H groups in total. The largest absolute Gasteiger partial charge is 0.395 e. The molecule has 92 valence electrons. The highest BCUT2D eigenvalue weighted by Gasteiger charge is 2.20. The summed E-state index contributed by atoms with van der Waals surface area (Å²) in [4.78, 5) is 5.13. The summed E-state index contributed by atoms with van der Waals surface area (Å²) < 4.78 is 16.8. The van der Waals surface area contributed by atoms with Gasteiger partial charge in [-0.05, 0) is 18.4 Å². The highest BCUT2D eigenvalue weighted by Crippen LogP contribution is 2.24. The molecule has 2 heterocycles. The van der Waals surface area contributed by atoms with Gasteiger partial charge in [0.05, 0.1) is 11.5 Å². The predicted molar refractivity (Wildman–Crippen MR) is 66.1 cm³/mol. The molecule has 2 atom stereocenters. The number of hydrogen-bond donors (Lipinski definition) is 1. The lowest BCUT2D eigenvalue weighted by atomic mass is 10.4. The molecule has 0 saturated heterocycles. The van der Waals surface area contributed by atoms with Gasteiger partial charge in [-0.2, -0.15) is 4.98 Å². The van der Waals surface area contributed by atoms with Crippen molar-refractivity contribution in [1.29, 1.82) is 0 Å². The molecule has 0 aliphatic rings. The Bertz CT molecular complexity index is 495. The van der Waals surface area contributed by atoms with Crippen LogP contribution in [0.5, 0.6) is 0 Å². The van der Waals surface area contributed by atoms with Crippen molar-refractivity contribution < 1.29 is 13.8 Å². The van der Waals surface area contributed by atoms with Gasteiger partial charge < -0.3 is 9.63 Å². The summed E-state index contributed by atoms with van der Waals surface area (Å²) in [6, 6.07) is 3.80. The van der Waals surface area contributed by atoms with E-state index < -0.39 is 10.8 Å². The van der Waals surface area contributed by atoms with E-state index in [0.29, 0.717) is 11.7 Å². The summed E-state index contributed by atoms with van der Waals surface area (Å²) in [5.41, 5.74) is 0. The van der Waals surface area contributed by atoms with Crippen molar-refractivity contribution in [2.75, 3.05) is 12.4 Å². The lowest BCUT2D eigenvalue weighted by Crippen LogP contribution is -2.09. The highest BCUT2D eigenvalue weighted by atomic mass is 32.2. The topological polar surface area (TPSA) is 76.2 Å². The number of thiophene rings is 1. The van der Waals surface area contributed by atoms with Gasteiger partial charge in [0.25, 0.3) is 0 Å². The van der Waals surface area contributed by atoms with Gasteiger partial charge in [-0.3, -0.25) is 4.21 Å². The smallest absolute Gasteiger partial charge is 0.242 e. The maximum Gasteiger partial charge on any atom is 0.242 e. The zero-order valence-electron chi connectivity index (χ0n) is 9.20. The van der Waals surface area contributed by atoms with Crippen LogP contribution in [0.3, 0.4) is 0 Å². The molecule has 17 heavy (non-hydrogen) atoms. The van der Waals surface area contributed by atoms with Gasteiger partial charge in [0.1, 0.15) is 5.25 Å². The standard InChI is InChI=1S/C10H12N2O3S2/c1-7(17(14)6-4-13)10-11-9(12-15-10)8-3-2-5-16-8/h2-3,5,7,13H,4,6H2,1H3/t7-,17+/m0/s1. The number of rotatable bonds is 5. The van der Waals surface area contributed by atoms with E-state index in [-0.39, 0.29) is 17.6 Å². The van der Waals surface area contributed by atoms with E-state index in [4.69, 9.17) is 9.63 Å². The molecular formula is C10H12N2O3S2. The molecule has 0 bridgehead atoms. The second kappa shape index (κ2) is 5.52. The van der Waals surface area contributed by atoms with Crippen molar-refractivity contribution in [2.24, 2.45) is 0 Å². The summed E-state index contributed by atoms with van der Waals surface area (Å²) in [6.07, 6.45) is 0. The van der Waals surface area contributed by atoms with Crippen molar-refractivity contribution in [3.63, 3.8) is 0 Å². The van der Waals surface area contributed by atoms with Gasteiger partial charge >= 0.3 is 0 Å². The van der Waals surface area contributed by atoms with E-state index in [2.05, 4.69) is 10.1 Å². The normalized spacial score (nSPS) is 14.7. The number of hydrogen-bond acceptors (Lipinski definition) is 6. The fourth-order valence-electron chi connectivity index (χ4n) is 1.29. The average molecular weight is 272 g/mol. The van der Waals surface area contributed by atoms with E-state index in [0.717, 1.165) is 4.88 Å². The molecule has 0 spiro atoms. The second-order valence-electron chi connectivity index (χ2n) is 3.38. The Morgan fingerprint density at radius 2 is 2.47 bits per heavy atom. The van der Waals surface area contributed by atoms with Crippen LogP contribution in [0.15, 0.2) is 22.0 Å².